The number of nitro groups is 1. The van der Waals surface area contributed by atoms with E-state index in [-0.39, 0.29) is 10.6 Å². The molecule has 0 saturated carbocycles. The van der Waals surface area contributed by atoms with Crippen molar-refractivity contribution < 1.29 is 4.92 Å². The van der Waals surface area contributed by atoms with Gasteiger partial charge in [-0.05, 0) is 19.0 Å². The normalized spacial score (nSPS) is 10.7. The van der Waals surface area contributed by atoms with Crippen LogP contribution in [0.1, 0.15) is 51.0 Å². The van der Waals surface area contributed by atoms with Crippen molar-refractivity contribution in [3.63, 3.8) is 0 Å². The van der Waals surface area contributed by atoms with Crippen LogP contribution in [0.25, 0.3) is 0 Å². The molecule has 4 nitrogen and oxygen atoms in total. The highest BCUT2D eigenvalue weighted by atomic mass is 35.5. The highest BCUT2D eigenvalue weighted by molar-refractivity contribution is 6.31. The van der Waals surface area contributed by atoms with Crippen molar-refractivity contribution in [3.05, 3.63) is 38.9 Å². The lowest BCUT2D eigenvalue weighted by atomic mass is 10.1. The minimum Gasteiger partial charge on any atom is -0.312 e. The average molecular weight is 299 g/mol. The number of benzene rings is 1. The van der Waals surface area contributed by atoms with Crippen LogP contribution >= 0.6 is 11.6 Å². The lowest BCUT2D eigenvalue weighted by molar-refractivity contribution is -0.385. The van der Waals surface area contributed by atoms with Crippen molar-refractivity contribution in [2.24, 2.45) is 0 Å². The summed E-state index contributed by atoms with van der Waals surface area (Å²) in [7, 11) is 0. The lowest BCUT2D eigenvalue weighted by Crippen LogP contribution is -2.16. The number of hydrogen-bond acceptors (Lipinski definition) is 3. The number of halogens is 1. The Balaban J connectivity index is 2.30. The molecule has 20 heavy (non-hydrogen) atoms. The van der Waals surface area contributed by atoms with Crippen molar-refractivity contribution in [1.82, 2.24) is 5.32 Å². The monoisotopic (exact) mass is 298 g/mol. The van der Waals surface area contributed by atoms with Crippen LogP contribution in [-0.2, 0) is 6.54 Å². The van der Waals surface area contributed by atoms with Gasteiger partial charge in [0.15, 0.2) is 0 Å². The van der Waals surface area contributed by atoms with Gasteiger partial charge in [-0.15, -0.1) is 0 Å². The summed E-state index contributed by atoms with van der Waals surface area (Å²) in [6.07, 6.45) is 7.43. The Labute approximate surface area is 125 Å². The molecule has 0 spiro atoms. The summed E-state index contributed by atoms with van der Waals surface area (Å²) < 4.78 is 0. The zero-order valence-electron chi connectivity index (χ0n) is 12.0. The van der Waals surface area contributed by atoms with E-state index in [1.54, 1.807) is 12.1 Å². The smallest absolute Gasteiger partial charge is 0.275 e. The molecule has 0 atom stereocenters. The second kappa shape index (κ2) is 9.72. The number of nitrogens with one attached hydrogen (secondary N) is 1. The van der Waals surface area contributed by atoms with Crippen LogP contribution in [0.5, 0.6) is 0 Å². The molecule has 0 saturated heterocycles. The maximum Gasteiger partial charge on any atom is 0.275 e. The summed E-state index contributed by atoms with van der Waals surface area (Å²) >= 11 is 6.03. The quantitative estimate of drug-likeness (QED) is 0.387. The summed E-state index contributed by atoms with van der Waals surface area (Å²) in [5, 5.41) is 14.6. The fraction of sp³-hybridized carbons (Fsp3) is 0.600. The van der Waals surface area contributed by atoms with E-state index in [9.17, 15) is 10.1 Å². The standard InChI is InChI=1S/C15H23ClN2O2/c1-2-3-4-5-6-7-11-17-12-13-14(16)9-8-10-15(13)18(19)20/h8-10,17H,2-7,11-12H2,1H3. The molecule has 0 aromatic heterocycles. The highest BCUT2D eigenvalue weighted by Gasteiger charge is 2.15. The van der Waals surface area contributed by atoms with Crippen LogP contribution in [-0.4, -0.2) is 11.5 Å². The first-order valence-corrected chi connectivity index (χ1v) is 7.67. The first kappa shape index (κ1) is 16.9. The van der Waals surface area contributed by atoms with Gasteiger partial charge in [0.05, 0.1) is 15.5 Å². The highest BCUT2D eigenvalue weighted by Crippen LogP contribution is 2.25. The number of unbranched alkanes of at least 4 members (excludes halogenated alkanes) is 5. The van der Waals surface area contributed by atoms with E-state index in [0.29, 0.717) is 17.1 Å². The van der Waals surface area contributed by atoms with E-state index >= 15 is 0 Å². The second-order valence-electron chi connectivity index (χ2n) is 4.94. The molecule has 1 N–H and O–H groups in total. The van der Waals surface area contributed by atoms with E-state index in [0.717, 1.165) is 13.0 Å². The predicted molar refractivity (Wildman–Crippen MR) is 83.2 cm³/mol. The first-order chi connectivity index (χ1) is 9.66. The molecule has 0 fully saturated rings. The Hall–Kier alpha value is -1.13. The van der Waals surface area contributed by atoms with Crippen LogP contribution in [0.15, 0.2) is 18.2 Å². The molecule has 1 aromatic carbocycles. The van der Waals surface area contributed by atoms with E-state index < -0.39 is 0 Å². The predicted octanol–water partition coefficient (Wildman–Crippen LogP) is 4.70. The Bertz CT molecular complexity index is 424. The largest absolute Gasteiger partial charge is 0.312 e. The molecule has 0 heterocycles. The van der Waals surface area contributed by atoms with Gasteiger partial charge < -0.3 is 5.32 Å². The fourth-order valence-corrected chi connectivity index (χ4v) is 2.37. The van der Waals surface area contributed by atoms with Gasteiger partial charge in [0, 0.05) is 12.6 Å². The minimum atomic E-state index is -0.381. The van der Waals surface area contributed by atoms with Gasteiger partial charge in [-0.3, -0.25) is 10.1 Å². The Kier molecular flexibility index (Phi) is 8.23. The van der Waals surface area contributed by atoms with Crippen LogP contribution in [0.4, 0.5) is 5.69 Å². The average Bonchev–Trinajstić information content (AvgIpc) is 2.43. The maximum atomic E-state index is 10.9. The van der Waals surface area contributed by atoms with Crippen molar-refractivity contribution in [2.75, 3.05) is 6.54 Å². The molecule has 0 aliphatic heterocycles. The summed E-state index contributed by atoms with van der Waals surface area (Å²) in [6, 6.07) is 4.79. The van der Waals surface area contributed by atoms with Crippen molar-refractivity contribution in [3.8, 4) is 0 Å². The van der Waals surface area contributed by atoms with E-state index in [2.05, 4.69) is 12.2 Å². The Morgan fingerprint density at radius 3 is 2.60 bits per heavy atom. The molecule has 1 aromatic rings. The zero-order valence-corrected chi connectivity index (χ0v) is 12.8. The molecule has 0 aliphatic carbocycles. The molecule has 0 bridgehead atoms. The van der Waals surface area contributed by atoms with Crippen LogP contribution in [0, 0.1) is 10.1 Å². The maximum absolute atomic E-state index is 10.9. The van der Waals surface area contributed by atoms with E-state index in [1.165, 1.54) is 38.2 Å². The summed E-state index contributed by atoms with van der Waals surface area (Å²) in [5.74, 6) is 0. The molecule has 112 valence electrons. The number of nitrogens with zero attached hydrogens (tertiary/aromatic N) is 1. The van der Waals surface area contributed by atoms with Gasteiger partial charge in [-0.1, -0.05) is 56.7 Å². The third-order valence-electron chi connectivity index (χ3n) is 3.30. The topological polar surface area (TPSA) is 55.2 Å². The number of rotatable bonds is 10. The number of hydrogen-bond donors (Lipinski definition) is 1. The van der Waals surface area contributed by atoms with Gasteiger partial charge in [-0.25, -0.2) is 0 Å². The van der Waals surface area contributed by atoms with Crippen molar-refractivity contribution in [2.45, 2.75) is 52.0 Å². The van der Waals surface area contributed by atoms with Gasteiger partial charge in [0.25, 0.3) is 5.69 Å². The molecular formula is C15H23ClN2O2. The van der Waals surface area contributed by atoms with E-state index in [4.69, 9.17) is 11.6 Å². The van der Waals surface area contributed by atoms with Gasteiger partial charge in [0.2, 0.25) is 0 Å². The molecule has 0 unspecified atom stereocenters. The zero-order chi connectivity index (χ0) is 14.8. The Morgan fingerprint density at radius 2 is 1.90 bits per heavy atom. The molecule has 0 radical (unpaired) electrons. The summed E-state index contributed by atoms with van der Waals surface area (Å²) in [6.45, 7) is 3.53. The second-order valence-corrected chi connectivity index (χ2v) is 5.35. The van der Waals surface area contributed by atoms with Gasteiger partial charge in [0.1, 0.15) is 0 Å². The van der Waals surface area contributed by atoms with Gasteiger partial charge in [-0.2, -0.15) is 0 Å². The summed E-state index contributed by atoms with van der Waals surface area (Å²) in [4.78, 5) is 10.5. The lowest BCUT2D eigenvalue weighted by Gasteiger charge is -2.07. The minimum absolute atomic E-state index is 0.0907. The third kappa shape index (κ3) is 5.88. The van der Waals surface area contributed by atoms with E-state index in [1.807, 2.05) is 0 Å². The fourth-order valence-electron chi connectivity index (χ4n) is 2.14. The summed E-state index contributed by atoms with van der Waals surface area (Å²) in [5.41, 5.74) is 0.665. The Morgan fingerprint density at radius 1 is 1.20 bits per heavy atom. The SMILES string of the molecule is CCCCCCCCNCc1c(Cl)cccc1[N+](=O)[O-]. The van der Waals surface area contributed by atoms with Crippen LogP contribution in [0.3, 0.4) is 0 Å². The van der Waals surface area contributed by atoms with Gasteiger partial charge >= 0.3 is 0 Å². The van der Waals surface area contributed by atoms with Crippen LogP contribution < -0.4 is 5.32 Å². The molecule has 5 heteroatoms. The number of nitro benzene ring substituents is 1. The molecule has 0 aliphatic rings. The van der Waals surface area contributed by atoms with Crippen LogP contribution in [0.2, 0.25) is 5.02 Å². The third-order valence-corrected chi connectivity index (χ3v) is 3.65. The molecule has 0 amide bonds. The van der Waals surface area contributed by atoms with Crippen molar-refractivity contribution in [1.29, 1.82) is 0 Å². The first-order valence-electron chi connectivity index (χ1n) is 7.29. The molecular weight excluding hydrogens is 276 g/mol. The molecule has 1 rings (SSSR count). The van der Waals surface area contributed by atoms with Crippen molar-refractivity contribution >= 4 is 17.3 Å².